The van der Waals surface area contributed by atoms with E-state index in [4.69, 9.17) is 0 Å². The van der Waals surface area contributed by atoms with Gasteiger partial charge >= 0.3 is 0 Å². The van der Waals surface area contributed by atoms with Crippen LogP contribution in [-0.2, 0) is 9.59 Å². The predicted octanol–water partition coefficient (Wildman–Crippen LogP) is 2.27. The monoisotopic (exact) mass is 248 g/mol. The molecular weight excluding hydrogens is 228 g/mol. The zero-order valence-corrected chi connectivity index (χ0v) is 11.1. The van der Waals surface area contributed by atoms with Crippen LogP contribution in [0.5, 0.6) is 0 Å². The summed E-state index contributed by atoms with van der Waals surface area (Å²) >= 11 is 0. The Balaban J connectivity index is 2.56. The molecule has 1 aromatic carbocycles. The molecule has 4 heteroatoms. The smallest absolute Gasteiger partial charge is 0.226 e. The standard InChI is InChI=1S/C14H20N2O2/c1-10(2)12-6-4-5-7-13(12)16-14(18)8-9-15-11(3)17/h4-7,10H,8-9H2,1-3H3,(H,15,17)(H,16,18). The van der Waals surface area contributed by atoms with Gasteiger partial charge in [-0.15, -0.1) is 0 Å². The maximum atomic E-state index is 11.7. The molecule has 0 fully saturated rings. The van der Waals surface area contributed by atoms with E-state index in [-0.39, 0.29) is 18.2 Å². The lowest BCUT2D eigenvalue weighted by atomic mass is 10.0. The minimum Gasteiger partial charge on any atom is -0.356 e. The van der Waals surface area contributed by atoms with Gasteiger partial charge in [-0.2, -0.15) is 0 Å². The molecule has 0 spiro atoms. The van der Waals surface area contributed by atoms with Gasteiger partial charge in [-0.3, -0.25) is 9.59 Å². The van der Waals surface area contributed by atoms with E-state index in [0.717, 1.165) is 11.3 Å². The normalized spacial score (nSPS) is 10.2. The molecule has 0 aliphatic rings. The van der Waals surface area contributed by atoms with Gasteiger partial charge in [-0.1, -0.05) is 32.0 Å². The van der Waals surface area contributed by atoms with Crippen molar-refractivity contribution in [1.29, 1.82) is 0 Å². The maximum absolute atomic E-state index is 11.7. The van der Waals surface area contributed by atoms with Crippen LogP contribution >= 0.6 is 0 Å². The third-order valence-corrected chi connectivity index (χ3v) is 2.58. The highest BCUT2D eigenvalue weighted by molar-refractivity contribution is 5.92. The number of nitrogens with one attached hydrogen (secondary N) is 2. The molecule has 0 aromatic heterocycles. The summed E-state index contributed by atoms with van der Waals surface area (Å²) in [6.07, 6.45) is 0.284. The molecule has 0 saturated carbocycles. The zero-order valence-electron chi connectivity index (χ0n) is 11.1. The van der Waals surface area contributed by atoms with Crippen molar-refractivity contribution in [3.05, 3.63) is 29.8 Å². The predicted molar refractivity (Wildman–Crippen MR) is 72.5 cm³/mol. The molecule has 0 atom stereocenters. The van der Waals surface area contributed by atoms with Crippen molar-refractivity contribution in [2.24, 2.45) is 0 Å². The highest BCUT2D eigenvalue weighted by Crippen LogP contribution is 2.23. The molecule has 0 bridgehead atoms. The minimum atomic E-state index is -0.120. The summed E-state index contributed by atoms with van der Waals surface area (Å²) in [5.74, 6) is 0.152. The van der Waals surface area contributed by atoms with Crippen molar-refractivity contribution in [2.45, 2.75) is 33.1 Å². The Labute approximate surface area is 108 Å². The zero-order chi connectivity index (χ0) is 13.5. The first-order chi connectivity index (χ1) is 8.50. The van der Waals surface area contributed by atoms with Crippen LogP contribution in [0.3, 0.4) is 0 Å². The summed E-state index contributed by atoms with van der Waals surface area (Å²) in [6.45, 7) is 5.97. The van der Waals surface area contributed by atoms with Crippen LogP contribution in [0.1, 0.15) is 38.7 Å². The van der Waals surface area contributed by atoms with Gasteiger partial charge in [0.15, 0.2) is 0 Å². The number of anilines is 1. The molecule has 0 radical (unpaired) electrons. The van der Waals surface area contributed by atoms with Crippen LogP contribution in [0.25, 0.3) is 0 Å². The average molecular weight is 248 g/mol. The van der Waals surface area contributed by atoms with E-state index in [2.05, 4.69) is 24.5 Å². The Morgan fingerprint density at radius 2 is 1.89 bits per heavy atom. The Kier molecular flexibility index (Phi) is 5.36. The van der Waals surface area contributed by atoms with E-state index in [1.165, 1.54) is 6.92 Å². The number of para-hydroxylation sites is 1. The molecule has 1 aromatic rings. The SMILES string of the molecule is CC(=O)NCCC(=O)Nc1ccccc1C(C)C. The fraction of sp³-hybridized carbons (Fsp3) is 0.429. The summed E-state index contributed by atoms with van der Waals surface area (Å²) in [7, 11) is 0. The maximum Gasteiger partial charge on any atom is 0.226 e. The fourth-order valence-corrected chi connectivity index (χ4v) is 1.68. The Bertz CT molecular complexity index is 428. The van der Waals surface area contributed by atoms with Crippen molar-refractivity contribution in [3.8, 4) is 0 Å². The molecule has 2 amide bonds. The van der Waals surface area contributed by atoms with Crippen LogP contribution in [0.15, 0.2) is 24.3 Å². The molecule has 0 saturated heterocycles. The third kappa shape index (κ3) is 4.57. The summed E-state index contributed by atoms with van der Waals surface area (Å²) in [5.41, 5.74) is 1.96. The number of hydrogen-bond acceptors (Lipinski definition) is 2. The molecule has 98 valence electrons. The van der Waals surface area contributed by atoms with Crippen molar-refractivity contribution in [3.63, 3.8) is 0 Å². The lowest BCUT2D eigenvalue weighted by Gasteiger charge is -2.13. The summed E-state index contributed by atoms with van der Waals surface area (Å²) in [6, 6.07) is 7.76. The quantitative estimate of drug-likeness (QED) is 0.839. The topological polar surface area (TPSA) is 58.2 Å². The van der Waals surface area contributed by atoms with Gasteiger partial charge in [0.25, 0.3) is 0 Å². The molecule has 0 heterocycles. The van der Waals surface area contributed by atoms with Crippen molar-refractivity contribution >= 4 is 17.5 Å². The molecule has 0 aliphatic heterocycles. The van der Waals surface area contributed by atoms with E-state index in [9.17, 15) is 9.59 Å². The van der Waals surface area contributed by atoms with Crippen molar-refractivity contribution in [2.75, 3.05) is 11.9 Å². The summed E-state index contributed by atoms with van der Waals surface area (Å²) < 4.78 is 0. The van der Waals surface area contributed by atoms with E-state index in [0.29, 0.717) is 12.5 Å². The largest absolute Gasteiger partial charge is 0.356 e. The number of carbonyl (C=O) groups excluding carboxylic acids is 2. The van der Waals surface area contributed by atoms with Gasteiger partial charge in [0.05, 0.1) is 0 Å². The first kappa shape index (κ1) is 14.2. The van der Waals surface area contributed by atoms with E-state index in [1.54, 1.807) is 0 Å². The van der Waals surface area contributed by atoms with Crippen LogP contribution < -0.4 is 10.6 Å². The van der Waals surface area contributed by atoms with Crippen LogP contribution in [0, 0.1) is 0 Å². The Morgan fingerprint density at radius 1 is 1.22 bits per heavy atom. The highest BCUT2D eigenvalue weighted by Gasteiger charge is 2.08. The van der Waals surface area contributed by atoms with E-state index in [1.807, 2.05) is 24.3 Å². The second-order valence-electron chi connectivity index (χ2n) is 4.52. The fourth-order valence-electron chi connectivity index (χ4n) is 1.68. The first-order valence-corrected chi connectivity index (χ1v) is 6.14. The van der Waals surface area contributed by atoms with Gasteiger partial charge in [0.1, 0.15) is 0 Å². The van der Waals surface area contributed by atoms with Crippen LogP contribution in [-0.4, -0.2) is 18.4 Å². The van der Waals surface area contributed by atoms with Crippen molar-refractivity contribution in [1.82, 2.24) is 5.32 Å². The summed E-state index contributed by atoms with van der Waals surface area (Å²) in [4.78, 5) is 22.4. The molecule has 18 heavy (non-hydrogen) atoms. The second-order valence-corrected chi connectivity index (χ2v) is 4.52. The molecular formula is C14H20N2O2. The van der Waals surface area contributed by atoms with Gasteiger partial charge in [0.2, 0.25) is 11.8 Å². The summed E-state index contributed by atoms with van der Waals surface area (Å²) in [5, 5.41) is 5.48. The third-order valence-electron chi connectivity index (χ3n) is 2.58. The first-order valence-electron chi connectivity index (χ1n) is 6.14. The molecule has 0 unspecified atom stereocenters. The van der Waals surface area contributed by atoms with E-state index >= 15 is 0 Å². The molecule has 4 nitrogen and oxygen atoms in total. The van der Waals surface area contributed by atoms with Gasteiger partial charge in [-0.05, 0) is 17.5 Å². The molecule has 2 N–H and O–H groups in total. The Hall–Kier alpha value is -1.84. The lowest BCUT2D eigenvalue weighted by Crippen LogP contribution is -2.25. The van der Waals surface area contributed by atoms with Gasteiger partial charge < -0.3 is 10.6 Å². The molecule has 1 rings (SSSR count). The molecule has 0 aliphatic carbocycles. The van der Waals surface area contributed by atoms with E-state index < -0.39 is 0 Å². The second kappa shape index (κ2) is 6.79. The Morgan fingerprint density at radius 3 is 2.50 bits per heavy atom. The number of amides is 2. The number of hydrogen-bond donors (Lipinski definition) is 2. The van der Waals surface area contributed by atoms with Crippen LogP contribution in [0.2, 0.25) is 0 Å². The average Bonchev–Trinajstić information content (AvgIpc) is 2.28. The number of benzene rings is 1. The van der Waals surface area contributed by atoms with Crippen molar-refractivity contribution < 1.29 is 9.59 Å². The number of carbonyl (C=O) groups is 2. The van der Waals surface area contributed by atoms with Gasteiger partial charge in [-0.25, -0.2) is 0 Å². The highest BCUT2D eigenvalue weighted by atomic mass is 16.2. The minimum absolute atomic E-state index is 0.0862. The van der Waals surface area contributed by atoms with Crippen LogP contribution in [0.4, 0.5) is 5.69 Å². The number of rotatable bonds is 5. The lowest BCUT2D eigenvalue weighted by molar-refractivity contribution is -0.119. The van der Waals surface area contributed by atoms with Gasteiger partial charge in [0, 0.05) is 25.6 Å².